The van der Waals surface area contributed by atoms with Crippen molar-refractivity contribution in [1.82, 2.24) is 19.9 Å². The molecule has 0 aliphatic rings. The second-order valence-electron chi connectivity index (χ2n) is 5.33. The van der Waals surface area contributed by atoms with Crippen molar-refractivity contribution < 1.29 is 5.11 Å². The maximum atomic E-state index is 8.67. The molecule has 0 amide bonds. The van der Waals surface area contributed by atoms with Gasteiger partial charge < -0.3 is 21.6 Å². The standard InChI is InChI=1S/C12H12N2.C6H6N4O/c13-11-5-1-9(2-6-11)10-3-7-12(14)8-4-10;11-2-5-7-1-4-6(10-5)9-3-8-4/h1-8H,13-14H2;1,3,11H,2H2,(H,7,8,9,10). The Morgan fingerprint density at radius 1 is 0.840 bits per heavy atom. The van der Waals surface area contributed by atoms with Gasteiger partial charge in [-0.2, -0.15) is 0 Å². The van der Waals surface area contributed by atoms with E-state index in [0.29, 0.717) is 11.5 Å². The first-order valence-corrected chi connectivity index (χ1v) is 7.63. The molecular formula is C18H18N6O. The average molecular weight is 334 g/mol. The summed E-state index contributed by atoms with van der Waals surface area (Å²) in [4.78, 5) is 14.6. The van der Waals surface area contributed by atoms with Crippen LogP contribution in [0.3, 0.4) is 0 Å². The summed E-state index contributed by atoms with van der Waals surface area (Å²) in [6.07, 6.45) is 3.14. The predicted octanol–water partition coefficient (Wildman–Crippen LogP) is 2.36. The number of benzene rings is 2. The summed E-state index contributed by atoms with van der Waals surface area (Å²) in [5, 5.41) is 8.67. The Labute approximate surface area is 144 Å². The number of hydrogen-bond acceptors (Lipinski definition) is 6. The Morgan fingerprint density at radius 2 is 1.40 bits per heavy atom. The van der Waals surface area contributed by atoms with Crippen LogP contribution in [-0.2, 0) is 6.61 Å². The number of anilines is 2. The first-order valence-electron chi connectivity index (χ1n) is 7.63. The Bertz CT molecular complexity index is 904. The van der Waals surface area contributed by atoms with Gasteiger partial charge in [0.1, 0.15) is 12.1 Å². The van der Waals surface area contributed by atoms with Crippen molar-refractivity contribution in [2.24, 2.45) is 0 Å². The summed E-state index contributed by atoms with van der Waals surface area (Å²) in [5.74, 6) is 0.393. The third kappa shape index (κ3) is 4.10. The van der Waals surface area contributed by atoms with E-state index in [9.17, 15) is 0 Å². The third-order valence-corrected chi connectivity index (χ3v) is 3.52. The van der Waals surface area contributed by atoms with Gasteiger partial charge in [-0.05, 0) is 35.4 Å². The average Bonchev–Trinajstić information content (AvgIpc) is 3.11. The molecule has 25 heavy (non-hydrogen) atoms. The van der Waals surface area contributed by atoms with Crippen LogP contribution in [0, 0.1) is 0 Å². The van der Waals surface area contributed by atoms with Crippen LogP contribution in [0.5, 0.6) is 0 Å². The van der Waals surface area contributed by atoms with Crippen molar-refractivity contribution in [2.75, 3.05) is 11.5 Å². The third-order valence-electron chi connectivity index (χ3n) is 3.52. The maximum Gasteiger partial charge on any atom is 0.180 e. The van der Waals surface area contributed by atoms with Gasteiger partial charge in [0.15, 0.2) is 11.5 Å². The molecule has 2 aromatic heterocycles. The zero-order valence-electron chi connectivity index (χ0n) is 13.4. The molecule has 0 unspecified atom stereocenters. The lowest BCUT2D eigenvalue weighted by molar-refractivity contribution is 0.272. The number of H-pyrrole nitrogens is 1. The lowest BCUT2D eigenvalue weighted by Crippen LogP contribution is -1.93. The van der Waals surface area contributed by atoms with Gasteiger partial charge in [-0.3, -0.25) is 0 Å². The number of fused-ring (bicyclic) bond motifs is 1. The Kier molecular flexibility index (Phi) is 4.87. The van der Waals surface area contributed by atoms with Crippen LogP contribution in [-0.4, -0.2) is 25.0 Å². The molecule has 0 bridgehead atoms. The number of nitrogen functional groups attached to an aromatic ring is 2. The molecule has 0 fully saturated rings. The minimum Gasteiger partial charge on any atom is -0.399 e. The number of aliphatic hydroxyl groups excluding tert-OH is 1. The van der Waals surface area contributed by atoms with Crippen molar-refractivity contribution in [3.05, 3.63) is 66.9 Å². The number of aliphatic hydroxyl groups is 1. The molecule has 0 aliphatic heterocycles. The van der Waals surface area contributed by atoms with Crippen LogP contribution in [0.15, 0.2) is 61.1 Å². The summed E-state index contributed by atoms with van der Waals surface area (Å²) < 4.78 is 0. The summed E-state index contributed by atoms with van der Waals surface area (Å²) in [7, 11) is 0. The van der Waals surface area contributed by atoms with E-state index in [0.717, 1.165) is 28.0 Å². The molecule has 2 heterocycles. The smallest absolute Gasteiger partial charge is 0.180 e. The minimum atomic E-state index is -0.150. The van der Waals surface area contributed by atoms with E-state index in [1.165, 1.54) is 0 Å². The van der Waals surface area contributed by atoms with E-state index in [-0.39, 0.29) is 6.61 Å². The lowest BCUT2D eigenvalue weighted by Gasteiger charge is -2.02. The molecule has 0 aliphatic carbocycles. The van der Waals surface area contributed by atoms with Gasteiger partial charge in [0.05, 0.1) is 12.5 Å². The van der Waals surface area contributed by atoms with E-state index in [4.69, 9.17) is 16.6 Å². The monoisotopic (exact) mass is 334 g/mol. The largest absolute Gasteiger partial charge is 0.399 e. The Morgan fingerprint density at radius 3 is 1.92 bits per heavy atom. The maximum absolute atomic E-state index is 8.67. The number of nitrogens with one attached hydrogen (secondary N) is 1. The fourth-order valence-electron chi connectivity index (χ4n) is 2.20. The number of aromatic nitrogens is 4. The number of rotatable bonds is 2. The van der Waals surface area contributed by atoms with E-state index in [1.54, 1.807) is 12.5 Å². The van der Waals surface area contributed by atoms with Crippen molar-refractivity contribution in [3.8, 4) is 11.1 Å². The Hall–Kier alpha value is -3.45. The molecule has 126 valence electrons. The molecule has 4 aromatic rings. The lowest BCUT2D eigenvalue weighted by atomic mass is 10.1. The second kappa shape index (κ2) is 7.41. The van der Waals surface area contributed by atoms with Gasteiger partial charge in [-0.25, -0.2) is 15.0 Å². The van der Waals surface area contributed by atoms with Gasteiger partial charge in [-0.15, -0.1) is 0 Å². The quantitative estimate of drug-likeness (QED) is 0.417. The highest BCUT2D eigenvalue weighted by atomic mass is 16.3. The normalized spacial score (nSPS) is 10.3. The molecule has 2 aromatic carbocycles. The topological polar surface area (TPSA) is 127 Å². The highest BCUT2D eigenvalue weighted by Crippen LogP contribution is 2.21. The minimum absolute atomic E-state index is 0.150. The van der Waals surface area contributed by atoms with Crippen LogP contribution >= 0.6 is 0 Å². The molecule has 4 rings (SSSR count). The summed E-state index contributed by atoms with van der Waals surface area (Å²) in [5.41, 5.74) is 16.5. The summed E-state index contributed by atoms with van der Waals surface area (Å²) in [6.45, 7) is -0.150. The second-order valence-corrected chi connectivity index (χ2v) is 5.33. The molecule has 0 saturated carbocycles. The van der Waals surface area contributed by atoms with Crippen molar-refractivity contribution in [3.63, 3.8) is 0 Å². The predicted molar refractivity (Wildman–Crippen MR) is 98.3 cm³/mol. The molecular weight excluding hydrogens is 316 g/mol. The van der Waals surface area contributed by atoms with Gasteiger partial charge in [0.2, 0.25) is 0 Å². The van der Waals surface area contributed by atoms with Crippen LogP contribution < -0.4 is 11.5 Å². The molecule has 0 radical (unpaired) electrons. The first kappa shape index (κ1) is 16.4. The molecule has 7 heteroatoms. The fourth-order valence-corrected chi connectivity index (χ4v) is 2.20. The van der Waals surface area contributed by atoms with Crippen molar-refractivity contribution in [2.45, 2.75) is 6.61 Å². The van der Waals surface area contributed by atoms with Crippen LogP contribution in [0.1, 0.15) is 5.82 Å². The van der Waals surface area contributed by atoms with E-state index in [2.05, 4.69) is 19.9 Å². The van der Waals surface area contributed by atoms with Crippen molar-refractivity contribution in [1.29, 1.82) is 0 Å². The molecule has 0 spiro atoms. The van der Waals surface area contributed by atoms with Crippen LogP contribution in [0.25, 0.3) is 22.3 Å². The number of aromatic amines is 1. The molecule has 7 nitrogen and oxygen atoms in total. The van der Waals surface area contributed by atoms with Crippen molar-refractivity contribution >= 4 is 22.5 Å². The van der Waals surface area contributed by atoms with Gasteiger partial charge in [-0.1, -0.05) is 24.3 Å². The highest BCUT2D eigenvalue weighted by Gasteiger charge is 1.99. The summed E-state index contributed by atoms with van der Waals surface area (Å²) >= 11 is 0. The number of nitrogens with two attached hydrogens (primary N) is 2. The van der Waals surface area contributed by atoms with Crippen LogP contribution in [0.4, 0.5) is 11.4 Å². The number of hydrogen-bond donors (Lipinski definition) is 4. The first-order chi connectivity index (χ1) is 12.2. The zero-order valence-corrected chi connectivity index (χ0v) is 13.4. The number of imidazole rings is 1. The van der Waals surface area contributed by atoms with E-state index in [1.807, 2.05) is 48.5 Å². The molecule has 0 saturated heterocycles. The Balaban J connectivity index is 0.000000150. The van der Waals surface area contributed by atoms with Gasteiger partial charge in [0, 0.05) is 11.4 Å². The van der Waals surface area contributed by atoms with E-state index < -0.39 is 0 Å². The molecule has 6 N–H and O–H groups in total. The molecule has 0 atom stereocenters. The SMILES string of the molecule is Nc1ccc(-c2ccc(N)cc2)cc1.OCc1ncc2[nH]cnc2n1. The van der Waals surface area contributed by atoms with Gasteiger partial charge in [0.25, 0.3) is 0 Å². The number of nitrogens with zero attached hydrogens (tertiary/aromatic N) is 3. The fraction of sp³-hybridized carbons (Fsp3) is 0.0556. The van der Waals surface area contributed by atoms with Crippen LogP contribution in [0.2, 0.25) is 0 Å². The summed E-state index contributed by atoms with van der Waals surface area (Å²) in [6, 6.07) is 15.6. The van der Waals surface area contributed by atoms with Gasteiger partial charge >= 0.3 is 0 Å². The zero-order chi connectivity index (χ0) is 17.6. The highest BCUT2D eigenvalue weighted by molar-refractivity contribution is 5.68. The van der Waals surface area contributed by atoms with E-state index >= 15 is 0 Å².